The number of carbonyl (C=O) groups excluding carboxylic acids is 2. The molecule has 0 aliphatic carbocycles. The maximum atomic E-state index is 12.5. The highest BCUT2D eigenvalue weighted by atomic mass is 16.5. The van der Waals surface area contributed by atoms with Crippen molar-refractivity contribution in [2.45, 2.75) is 18.9 Å². The third-order valence-corrected chi connectivity index (χ3v) is 4.29. The van der Waals surface area contributed by atoms with Crippen LogP contribution in [-0.2, 0) is 20.8 Å². The highest BCUT2D eigenvalue weighted by Gasteiger charge is 2.24. The molecule has 3 aromatic heterocycles. The van der Waals surface area contributed by atoms with Gasteiger partial charge in [-0.25, -0.2) is 24.5 Å². The molecule has 0 radical (unpaired) electrons. The van der Waals surface area contributed by atoms with Gasteiger partial charge < -0.3 is 30.4 Å². The van der Waals surface area contributed by atoms with Gasteiger partial charge in [0.15, 0.2) is 17.4 Å². The Hall–Kier alpha value is -5.08. The smallest absolute Gasteiger partial charge is 0.346 e. The van der Waals surface area contributed by atoms with Crippen molar-refractivity contribution in [3.63, 3.8) is 0 Å². The number of aromatic nitrogens is 4. The number of nitrogens with two attached hydrogens (primary N) is 1. The normalized spacial score (nSPS) is 11.4. The molecule has 1 atom stereocenters. The Balaban J connectivity index is 1.74. The van der Waals surface area contributed by atoms with E-state index in [1.807, 2.05) is 0 Å². The number of fused-ring (bicyclic) bond motifs is 1. The van der Waals surface area contributed by atoms with E-state index in [2.05, 4.69) is 25.6 Å². The van der Waals surface area contributed by atoms with E-state index >= 15 is 0 Å². The number of carbonyl (C=O) groups is 4. The Morgan fingerprint density at radius 1 is 1.15 bits per heavy atom. The first-order chi connectivity index (χ1) is 16.1. The van der Waals surface area contributed by atoms with E-state index in [-0.39, 0.29) is 35.3 Å². The second-order valence-electron chi connectivity index (χ2n) is 6.77. The van der Waals surface area contributed by atoms with Crippen LogP contribution < -0.4 is 21.1 Å². The molecule has 3 rings (SSSR count). The van der Waals surface area contributed by atoms with Crippen LogP contribution in [0.3, 0.4) is 0 Å². The number of amides is 1. The number of guanidine groups is 1. The van der Waals surface area contributed by atoms with Gasteiger partial charge in [-0.1, -0.05) is 0 Å². The zero-order valence-electron chi connectivity index (χ0n) is 17.3. The van der Waals surface area contributed by atoms with Crippen molar-refractivity contribution in [3.8, 4) is 5.75 Å². The van der Waals surface area contributed by atoms with E-state index in [4.69, 9.17) is 26.1 Å². The number of rotatable bonds is 9. The van der Waals surface area contributed by atoms with Gasteiger partial charge in [-0.3, -0.25) is 20.3 Å². The number of pyridine rings is 1. The number of aliphatic carboxylic acids is 2. The van der Waals surface area contributed by atoms with Gasteiger partial charge in [0.1, 0.15) is 6.04 Å². The number of anilines is 1. The molecule has 3 heterocycles. The van der Waals surface area contributed by atoms with E-state index in [0.717, 1.165) is 0 Å². The lowest BCUT2D eigenvalue weighted by Crippen LogP contribution is -2.43. The van der Waals surface area contributed by atoms with Gasteiger partial charge in [0.05, 0.1) is 18.4 Å². The molecular weight excluding hydrogens is 452 g/mol. The number of nitrogens with one attached hydrogen (secondary N) is 3. The number of carboxylic acids is 2. The number of hydrogen-bond donors (Lipinski definition) is 6. The van der Waals surface area contributed by atoms with Crippen LogP contribution in [0.1, 0.15) is 22.5 Å². The van der Waals surface area contributed by atoms with E-state index in [0.29, 0.717) is 5.69 Å². The minimum Gasteiger partial charge on any atom is -0.481 e. The average molecular weight is 470 g/mol. The molecule has 0 spiro atoms. The van der Waals surface area contributed by atoms with Gasteiger partial charge >= 0.3 is 17.9 Å². The van der Waals surface area contributed by atoms with Gasteiger partial charge in [0.2, 0.25) is 11.9 Å². The van der Waals surface area contributed by atoms with Crippen LogP contribution in [0, 0.1) is 5.41 Å². The molecule has 176 valence electrons. The fourth-order valence-corrected chi connectivity index (χ4v) is 2.83. The number of nitrogens with zero attached hydrogens (tertiary/aromatic N) is 4. The summed E-state index contributed by atoms with van der Waals surface area (Å²) in [7, 11) is 0. The number of imidazole rings is 1. The molecule has 15 heteroatoms. The molecule has 15 nitrogen and oxygen atoms in total. The van der Waals surface area contributed by atoms with Crippen molar-refractivity contribution in [2.75, 3.05) is 5.32 Å². The molecule has 1 amide bonds. The fourth-order valence-electron chi connectivity index (χ4n) is 2.83. The zero-order chi connectivity index (χ0) is 24.8. The van der Waals surface area contributed by atoms with Gasteiger partial charge in [0, 0.05) is 30.5 Å². The quantitative estimate of drug-likeness (QED) is 0.128. The number of ether oxygens (including phenoxy) is 1. The van der Waals surface area contributed by atoms with Gasteiger partial charge in [0.25, 0.3) is 0 Å². The Bertz CT molecular complexity index is 1270. The summed E-state index contributed by atoms with van der Waals surface area (Å²) < 4.78 is 6.82. The summed E-state index contributed by atoms with van der Waals surface area (Å²) in [5, 5.41) is 29.5. The highest BCUT2D eigenvalue weighted by Crippen LogP contribution is 2.21. The Morgan fingerprint density at radius 2 is 1.85 bits per heavy atom. The second-order valence-corrected chi connectivity index (χ2v) is 6.77. The summed E-state index contributed by atoms with van der Waals surface area (Å²) in [6, 6.07) is 1.30. The molecule has 0 aromatic carbocycles. The molecule has 0 saturated carbocycles. The van der Waals surface area contributed by atoms with E-state index < -0.39 is 36.3 Å². The minimum absolute atomic E-state index is 0.0143. The summed E-state index contributed by atoms with van der Waals surface area (Å²) in [6.07, 6.45) is 4.21. The third kappa shape index (κ3) is 5.78. The lowest BCUT2D eigenvalue weighted by molar-refractivity contribution is -0.147. The zero-order valence-corrected chi connectivity index (χ0v) is 17.3. The first-order valence-electron chi connectivity index (χ1n) is 9.48. The van der Waals surface area contributed by atoms with E-state index in [1.165, 1.54) is 41.3 Å². The van der Waals surface area contributed by atoms with Crippen LogP contribution >= 0.6 is 0 Å². The average Bonchev–Trinajstić information content (AvgIpc) is 3.25. The summed E-state index contributed by atoms with van der Waals surface area (Å²) in [4.78, 5) is 58.5. The molecule has 34 heavy (non-hydrogen) atoms. The van der Waals surface area contributed by atoms with E-state index in [1.54, 1.807) is 0 Å². The molecule has 0 aliphatic rings. The molecule has 3 aromatic rings. The SMILES string of the molecule is N=C(N)Nc1ncc(C(=O)Oc2ccc(CC(=O)NC(CC(=O)O)C(=O)O)n3ccnc23)cn1. The fraction of sp³-hybridized carbons (Fsp3) is 0.158. The number of hydrogen-bond acceptors (Lipinski definition) is 9. The monoisotopic (exact) mass is 470 g/mol. The Labute approximate surface area is 190 Å². The second kappa shape index (κ2) is 10.0. The largest absolute Gasteiger partial charge is 0.481 e. The van der Waals surface area contributed by atoms with Crippen LogP contribution in [-0.4, -0.2) is 65.4 Å². The summed E-state index contributed by atoms with van der Waals surface area (Å²) >= 11 is 0. The van der Waals surface area contributed by atoms with Crippen LogP contribution in [0.15, 0.2) is 36.9 Å². The van der Waals surface area contributed by atoms with Crippen molar-refractivity contribution in [2.24, 2.45) is 5.73 Å². The molecule has 7 N–H and O–H groups in total. The lowest BCUT2D eigenvalue weighted by Gasteiger charge is -2.13. The Kier molecular flexibility index (Phi) is 6.95. The first kappa shape index (κ1) is 23.6. The van der Waals surface area contributed by atoms with E-state index in [9.17, 15) is 19.2 Å². The van der Waals surface area contributed by atoms with Crippen molar-refractivity contribution in [1.82, 2.24) is 24.7 Å². The molecule has 0 bridgehead atoms. The topological polar surface area (TPSA) is 235 Å². The maximum Gasteiger partial charge on any atom is 0.346 e. The van der Waals surface area contributed by atoms with Crippen molar-refractivity contribution >= 4 is 41.4 Å². The molecule has 0 saturated heterocycles. The van der Waals surface area contributed by atoms with Gasteiger partial charge in [-0.2, -0.15) is 0 Å². The number of carboxylic acid groups (broad SMARTS) is 2. The van der Waals surface area contributed by atoms with Crippen LogP contribution in [0.4, 0.5) is 5.95 Å². The molecule has 1 unspecified atom stereocenters. The van der Waals surface area contributed by atoms with Gasteiger partial charge in [-0.05, 0) is 12.1 Å². The summed E-state index contributed by atoms with van der Waals surface area (Å²) in [6.45, 7) is 0. The molecule has 0 aliphatic heterocycles. The van der Waals surface area contributed by atoms with Crippen molar-refractivity contribution < 1.29 is 34.1 Å². The molecule has 0 fully saturated rings. The summed E-state index contributed by atoms with van der Waals surface area (Å²) in [5.74, 6) is -4.63. The highest BCUT2D eigenvalue weighted by molar-refractivity contribution is 5.92. The first-order valence-corrected chi connectivity index (χ1v) is 9.48. The predicted molar refractivity (Wildman–Crippen MR) is 113 cm³/mol. The Morgan fingerprint density at radius 3 is 2.47 bits per heavy atom. The maximum absolute atomic E-state index is 12.5. The van der Waals surface area contributed by atoms with Crippen LogP contribution in [0.5, 0.6) is 5.75 Å². The van der Waals surface area contributed by atoms with Crippen molar-refractivity contribution in [1.29, 1.82) is 5.41 Å². The number of esters is 1. The van der Waals surface area contributed by atoms with Crippen LogP contribution in [0.2, 0.25) is 0 Å². The van der Waals surface area contributed by atoms with Crippen LogP contribution in [0.25, 0.3) is 5.65 Å². The lowest BCUT2D eigenvalue weighted by atomic mass is 10.2. The predicted octanol–water partition coefficient (Wildman–Crippen LogP) is -0.765. The minimum atomic E-state index is -1.58. The third-order valence-electron chi connectivity index (χ3n) is 4.29. The van der Waals surface area contributed by atoms with Crippen molar-refractivity contribution in [3.05, 3.63) is 48.2 Å². The molecular formula is C19H18N8O7. The standard InChI is InChI=1S/C19H18N8O7/c20-18(21)26-19-23-7-9(8-24-19)17(33)34-12-2-1-10(27-4-3-22-15(12)27)5-13(28)25-11(16(31)32)6-14(29)30/h1-4,7-8,11H,5-6H2,(H,25,28)(H,29,30)(H,31,32)(H4,20,21,23,24,26). The summed E-state index contributed by atoms with van der Waals surface area (Å²) in [5.41, 5.74) is 5.78. The van der Waals surface area contributed by atoms with Gasteiger partial charge in [-0.15, -0.1) is 0 Å².